The minimum absolute atomic E-state index is 0.0359. The number of aryl methyl sites for hydroxylation is 1. The molecule has 1 amide bonds. The Morgan fingerprint density at radius 2 is 1.97 bits per heavy atom. The Morgan fingerprint density at radius 1 is 1.24 bits per heavy atom. The Balaban J connectivity index is 1.73. The van der Waals surface area contributed by atoms with Crippen LogP contribution in [0.2, 0.25) is 0 Å². The molecule has 3 rings (SSSR count). The lowest BCUT2D eigenvalue weighted by Crippen LogP contribution is -2.31. The van der Waals surface area contributed by atoms with Crippen molar-refractivity contribution in [2.45, 2.75) is 36.5 Å². The van der Waals surface area contributed by atoms with Gasteiger partial charge in [-0.1, -0.05) is 36.0 Å². The summed E-state index contributed by atoms with van der Waals surface area (Å²) in [5, 5.41) is 6.02. The van der Waals surface area contributed by atoms with E-state index in [2.05, 4.69) is 9.55 Å². The summed E-state index contributed by atoms with van der Waals surface area (Å²) in [5.41, 5.74) is 2.66. The first-order chi connectivity index (χ1) is 13.7. The second-order valence-electron chi connectivity index (χ2n) is 6.71. The van der Waals surface area contributed by atoms with Crippen LogP contribution in [0.1, 0.15) is 25.5 Å². The van der Waals surface area contributed by atoms with Crippen LogP contribution in [-0.2, 0) is 21.4 Å². The summed E-state index contributed by atoms with van der Waals surface area (Å²) in [5.74, 6) is 0.164. The van der Waals surface area contributed by atoms with Crippen molar-refractivity contribution in [2.24, 2.45) is 5.14 Å². The second-order valence-corrected chi connectivity index (χ2v) is 9.22. The van der Waals surface area contributed by atoms with Crippen LogP contribution in [0.5, 0.6) is 0 Å². The number of nitrogens with two attached hydrogens (primary N) is 1. The quantitative estimate of drug-likeness (QED) is 0.579. The molecular weight excluding hydrogens is 408 g/mol. The van der Waals surface area contributed by atoms with Gasteiger partial charge in [-0.3, -0.25) is 4.79 Å². The second kappa shape index (κ2) is 8.56. The van der Waals surface area contributed by atoms with E-state index < -0.39 is 10.0 Å². The molecule has 0 saturated carbocycles. The van der Waals surface area contributed by atoms with E-state index in [1.54, 1.807) is 24.1 Å². The van der Waals surface area contributed by atoms with Gasteiger partial charge in [-0.2, -0.15) is 0 Å². The van der Waals surface area contributed by atoms with Gasteiger partial charge in [-0.25, -0.2) is 18.5 Å². The molecule has 0 aliphatic carbocycles. The van der Waals surface area contributed by atoms with Crippen molar-refractivity contribution >= 4 is 38.7 Å². The average Bonchev–Trinajstić information content (AvgIpc) is 3.07. The molecule has 1 unspecified atom stereocenters. The number of rotatable bonds is 7. The lowest BCUT2D eigenvalue weighted by molar-refractivity contribution is -0.128. The number of carbonyl (C=O) groups excluding carboxylic acids is 1. The zero-order valence-electron chi connectivity index (χ0n) is 16.6. The van der Waals surface area contributed by atoms with Gasteiger partial charge in [-0.15, -0.1) is 0 Å². The maximum Gasteiger partial charge on any atom is 0.238 e. The number of nitrogens with zero attached hydrogens (tertiary/aromatic N) is 3. The fraction of sp³-hybridized carbons (Fsp3) is 0.300. The number of carbonyl (C=O) groups is 1. The summed E-state index contributed by atoms with van der Waals surface area (Å²) in [6.07, 6.45) is 0. The van der Waals surface area contributed by atoms with Gasteiger partial charge in [0, 0.05) is 13.6 Å². The minimum atomic E-state index is -3.79. The van der Waals surface area contributed by atoms with Gasteiger partial charge in [0.2, 0.25) is 15.9 Å². The number of aromatic nitrogens is 2. The summed E-state index contributed by atoms with van der Waals surface area (Å²) >= 11 is 1.40. The van der Waals surface area contributed by atoms with Crippen LogP contribution < -0.4 is 5.14 Å². The zero-order chi connectivity index (χ0) is 21.2. The van der Waals surface area contributed by atoms with Gasteiger partial charge >= 0.3 is 0 Å². The van der Waals surface area contributed by atoms with E-state index in [4.69, 9.17) is 5.14 Å². The summed E-state index contributed by atoms with van der Waals surface area (Å²) in [6, 6.07) is 14.0. The molecule has 0 bridgehead atoms. The maximum atomic E-state index is 12.8. The molecule has 0 spiro atoms. The Kier molecular flexibility index (Phi) is 6.30. The third-order valence-corrected chi connectivity index (χ3v) is 6.78. The lowest BCUT2D eigenvalue weighted by atomic mass is 10.1. The van der Waals surface area contributed by atoms with Gasteiger partial charge in [0.15, 0.2) is 5.16 Å². The average molecular weight is 433 g/mol. The number of primary sulfonamides is 1. The summed E-state index contributed by atoms with van der Waals surface area (Å²) in [7, 11) is -2.08. The maximum absolute atomic E-state index is 12.8. The zero-order valence-corrected chi connectivity index (χ0v) is 18.2. The van der Waals surface area contributed by atoms with Gasteiger partial charge in [0.1, 0.15) is 0 Å². The molecule has 1 heterocycles. The van der Waals surface area contributed by atoms with Crippen LogP contribution in [-0.4, -0.2) is 41.6 Å². The summed E-state index contributed by atoms with van der Waals surface area (Å²) < 4.78 is 25.3. The van der Waals surface area contributed by atoms with Crippen LogP contribution in [0.25, 0.3) is 11.0 Å². The number of para-hydroxylation sites is 2. The van der Waals surface area contributed by atoms with E-state index in [1.807, 2.05) is 38.1 Å². The summed E-state index contributed by atoms with van der Waals surface area (Å²) in [4.78, 5) is 19.0. The lowest BCUT2D eigenvalue weighted by Gasteiger charge is -2.25. The Labute approximate surface area is 175 Å². The SMILES string of the molecule is CCn1c(SCC(=O)N(C)C(C)c2cccc(S(N)(=O)=O)c2)nc2ccccc21. The predicted octanol–water partition coefficient (Wildman–Crippen LogP) is 3.02. The highest BCUT2D eigenvalue weighted by Gasteiger charge is 2.20. The topological polar surface area (TPSA) is 98.3 Å². The molecular formula is C20H24N4O3S2. The molecule has 0 aliphatic rings. The van der Waals surface area contributed by atoms with E-state index in [0.29, 0.717) is 5.56 Å². The molecule has 2 aromatic carbocycles. The highest BCUT2D eigenvalue weighted by atomic mass is 32.2. The van der Waals surface area contributed by atoms with Gasteiger partial charge in [0.05, 0.1) is 27.7 Å². The third kappa shape index (κ3) is 4.63. The molecule has 3 aromatic rings. The Morgan fingerprint density at radius 3 is 2.66 bits per heavy atom. The highest BCUT2D eigenvalue weighted by Crippen LogP contribution is 2.26. The number of hydrogen-bond acceptors (Lipinski definition) is 5. The number of thioether (sulfide) groups is 1. The van der Waals surface area contributed by atoms with Crippen LogP contribution in [0.15, 0.2) is 58.6 Å². The van der Waals surface area contributed by atoms with Gasteiger partial charge in [-0.05, 0) is 43.7 Å². The van der Waals surface area contributed by atoms with E-state index in [1.165, 1.54) is 23.9 Å². The van der Waals surface area contributed by atoms with Crippen molar-refractivity contribution in [3.8, 4) is 0 Å². The van der Waals surface area contributed by atoms with Gasteiger partial charge in [0.25, 0.3) is 0 Å². The Hall–Kier alpha value is -2.36. The smallest absolute Gasteiger partial charge is 0.238 e. The van der Waals surface area contributed by atoms with Crippen LogP contribution >= 0.6 is 11.8 Å². The highest BCUT2D eigenvalue weighted by molar-refractivity contribution is 7.99. The molecule has 1 aromatic heterocycles. The van der Waals surface area contributed by atoms with E-state index in [-0.39, 0.29) is 22.6 Å². The Bertz CT molecular complexity index is 1140. The molecule has 7 nitrogen and oxygen atoms in total. The monoisotopic (exact) mass is 432 g/mol. The number of benzene rings is 2. The van der Waals surface area contributed by atoms with Crippen molar-refractivity contribution in [1.82, 2.24) is 14.5 Å². The van der Waals surface area contributed by atoms with Crippen molar-refractivity contribution < 1.29 is 13.2 Å². The van der Waals surface area contributed by atoms with E-state index in [0.717, 1.165) is 22.7 Å². The fourth-order valence-corrected chi connectivity index (χ4v) is 4.66. The molecule has 0 saturated heterocycles. The number of fused-ring (bicyclic) bond motifs is 1. The van der Waals surface area contributed by atoms with Crippen molar-refractivity contribution in [3.05, 3.63) is 54.1 Å². The standard InChI is InChI=1S/C20H24N4O3S2/c1-4-24-18-11-6-5-10-17(18)22-20(24)28-13-19(25)23(3)14(2)15-8-7-9-16(12-15)29(21,26)27/h5-12,14H,4,13H2,1-3H3,(H2,21,26,27). The number of imidazole rings is 1. The molecule has 154 valence electrons. The van der Waals surface area contributed by atoms with E-state index >= 15 is 0 Å². The van der Waals surface area contributed by atoms with Crippen LogP contribution in [0.3, 0.4) is 0 Å². The van der Waals surface area contributed by atoms with E-state index in [9.17, 15) is 13.2 Å². The number of amides is 1. The van der Waals surface area contributed by atoms with Crippen molar-refractivity contribution in [1.29, 1.82) is 0 Å². The fourth-order valence-electron chi connectivity index (χ4n) is 3.09. The first kappa shape index (κ1) is 21.4. The predicted molar refractivity (Wildman–Crippen MR) is 115 cm³/mol. The molecule has 0 radical (unpaired) electrons. The van der Waals surface area contributed by atoms with Crippen LogP contribution in [0, 0.1) is 0 Å². The first-order valence-corrected chi connectivity index (χ1v) is 11.7. The first-order valence-electron chi connectivity index (χ1n) is 9.19. The molecule has 29 heavy (non-hydrogen) atoms. The van der Waals surface area contributed by atoms with Gasteiger partial charge < -0.3 is 9.47 Å². The normalized spacial score (nSPS) is 12.8. The number of hydrogen-bond donors (Lipinski definition) is 1. The molecule has 9 heteroatoms. The minimum Gasteiger partial charge on any atom is -0.338 e. The molecule has 0 aliphatic heterocycles. The van der Waals surface area contributed by atoms with Crippen molar-refractivity contribution in [3.63, 3.8) is 0 Å². The molecule has 2 N–H and O–H groups in total. The molecule has 0 fully saturated rings. The largest absolute Gasteiger partial charge is 0.338 e. The molecule has 1 atom stereocenters. The van der Waals surface area contributed by atoms with Crippen molar-refractivity contribution in [2.75, 3.05) is 12.8 Å². The van der Waals surface area contributed by atoms with Crippen LogP contribution in [0.4, 0.5) is 0 Å². The number of sulfonamides is 1. The summed E-state index contributed by atoms with van der Waals surface area (Å²) in [6.45, 7) is 4.67. The third-order valence-electron chi connectivity index (χ3n) is 4.90.